The Morgan fingerprint density at radius 3 is 2.50 bits per heavy atom. The molecule has 2 N–H and O–H groups in total. The first-order chi connectivity index (χ1) is 14.3. The molecule has 0 radical (unpaired) electrons. The molecule has 158 valence electrons. The fourth-order valence-electron chi connectivity index (χ4n) is 3.86. The van der Waals surface area contributed by atoms with Crippen molar-refractivity contribution in [1.82, 2.24) is 4.98 Å². The van der Waals surface area contributed by atoms with Crippen LogP contribution in [0.5, 0.6) is 0 Å². The molecule has 30 heavy (non-hydrogen) atoms. The van der Waals surface area contributed by atoms with Crippen molar-refractivity contribution in [3.8, 4) is 6.07 Å². The summed E-state index contributed by atoms with van der Waals surface area (Å²) in [5.74, 6) is -0.484. The van der Waals surface area contributed by atoms with Crippen molar-refractivity contribution in [1.29, 1.82) is 5.26 Å². The SMILES string of the molecule is N#CC1(c2ccccc2)CCC(CNc2ncccc2NC(=O)CC(F)(F)F)CC1. The number of hydrogen-bond donors (Lipinski definition) is 2. The minimum absolute atomic E-state index is 0.221. The van der Waals surface area contributed by atoms with Crippen molar-refractivity contribution in [2.75, 3.05) is 17.2 Å². The molecule has 8 heteroatoms. The highest BCUT2D eigenvalue weighted by Gasteiger charge is 2.37. The number of anilines is 2. The predicted octanol–water partition coefficient (Wildman–Crippen LogP) is 5.04. The summed E-state index contributed by atoms with van der Waals surface area (Å²) in [7, 11) is 0. The first kappa shape index (κ1) is 21.6. The maximum absolute atomic E-state index is 12.4. The Hall–Kier alpha value is -3.08. The van der Waals surface area contributed by atoms with Gasteiger partial charge in [0, 0.05) is 12.7 Å². The maximum atomic E-state index is 12.4. The average Bonchev–Trinajstić information content (AvgIpc) is 2.73. The van der Waals surface area contributed by atoms with Crippen molar-refractivity contribution in [3.63, 3.8) is 0 Å². The zero-order valence-corrected chi connectivity index (χ0v) is 16.4. The lowest BCUT2D eigenvalue weighted by Crippen LogP contribution is -2.32. The van der Waals surface area contributed by atoms with Crippen LogP contribution in [0, 0.1) is 17.2 Å². The molecule has 1 aliphatic carbocycles. The van der Waals surface area contributed by atoms with Crippen LogP contribution in [0.2, 0.25) is 0 Å². The summed E-state index contributed by atoms with van der Waals surface area (Å²) in [5, 5.41) is 15.2. The van der Waals surface area contributed by atoms with E-state index in [1.54, 1.807) is 6.07 Å². The first-order valence-electron chi connectivity index (χ1n) is 9.84. The first-order valence-corrected chi connectivity index (χ1v) is 9.84. The van der Waals surface area contributed by atoms with E-state index < -0.39 is 23.9 Å². The van der Waals surface area contributed by atoms with Gasteiger partial charge in [-0.3, -0.25) is 4.79 Å². The van der Waals surface area contributed by atoms with Crippen LogP contribution in [-0.4, -0.2) is 23.6 Å². The van der Waals surface area contributed by atoms with E-state index in [2.05, 4.69) is 21.7 Å². The topological polar surface area (TPSA) is 77.8 Å². The second-order valence-corrected chi connectivity index (χ2v) is 7.62. The summed E-state index contributed by atoms with van der Waals surface area (Å²) in [4.78, 5) is 15.8. The van der Waals surface area contributed by atoms with E-state index in [0.717, 1.165) is 31.2 Å². The van der Waals surface area contributed by atoms with Gasteiger partial charge in [-0.15, -0.1) is 0 Å². The molecule has 0 saturated heterocycles. The molecule has 1 aromatic heterocycles. The number of nitriles is 1. The summed E-state index contributed by atoms with van der Waals surface area (Å²) >= 11 is 0. The molecule has 1 aromatic carbocycles. The lowest BCUT2D eigenvalue weighted by atomic mass is 9.67. The molecule has 1 heterocycles. The fourth-order valence-corrected chi connectivity index (χ4v) is 3.86. The Balaban J connectivity index is 1.57. The van der Waals surface area contributed by atoms with Crippen LogP contribution in [0.25, 0.3) is 0 Å². The van der Waals surface area contributed by atoms with E-state index in [4.69, 9.17) is 0 Å². The molecule has 1 amide bonds. The molecular weight excluding hydrogens is 393 g/mol. The van der Waals surface area contributed by atoms with Gasteiger partial charge in [-0.1, -0.05) is 30.3 Å². The Bertz CT molecular complexity index is 901. The Labute approximate surface area is 173 Å². The maximum Gasteiger partial charge on any atom is 0.397 e. The van der Waals surface area contributed by atoms with Gasteiger partial charge in [-0.05, 0) is 49.3 Å². The monoisotopic (exact) mass is 416 g/mol. The molecule has 0 bridgehead atoms. The third-order valence-corrected chi connectivity index (χ3v) is 5.50. The minimum atomic E-state index is -4.56. The van der Waals surface area contributed by atoms with E-state index in [1.807, 2.05) is 30.3 Å². The number of benzene rings is 1. The highest BCUT2D eigenvalue weighted by Crippen LogP contribution is 2.41. The van der Waals surface area contributed by atoms with E-state index in [9.17, 15) is 23.2 Å². The van der Waals surface area contributed by atoms with Crippen LogP contribution in [-0.2, 0) is 10.2 Å². The molecule has 0 atom stereocenters. The number of nitrogens with zero attached hydrogens (tertiary/aromatic N) is 2. The molecule has 3 rings (SSSR count). The smallest absolute Gasteiger partial charge is 0.368 e. The van der Waals surface area contributed by atoms with Gasteiger partial charge in [0.15, 0.2) is 0 Å². The molecule has 0 spiro atoms. The van der Waals surface area contributed by atoms with Gasteiger partial charge >= 0.3 is 6.18 Å². The quantitative estimate of drug-likeness (QED) is 0.692. The van der Waals surface area contributed by atoms with Crippen LogP contribution in [0.1, 0.15) is 37.7 Å². The van der Waals surface area contributed by atoms with Crippen molar-refractivity contribution < 1.29 is 18.0 Å². The predicted molar refractivity (Wildman–Crippen MR) is 108 cm³/mol. The van der Waals surface area contributed by atoms with Gasteiger partial charge in [-0.2, -0.15) is 18.4 Å². The van der Waals surface area contributed by atoms with Gasteiger partial charge < -0.3 is 10.6 Å². The summed E-state index contributed by atoms with van der Waals surface area (Å²) in [6.07, 6.45) is -1.41. The van der Waals surface area contributed by atoms with Crippen molar-refractivity contribution in [2.45, 2.75) is 43.7 Å². The Morgan fingerprint density at radius 2 is 1.87 bits per heavy atom. The summed E-state index contributed by atoms with van der Waals surface area (Å²) in [6.45, 7) is 0.565. The van der Waals surface area contributed by atoms with E-state index in [-0.39, 0.29) is 5.69 Å². The molecule has 1 aliphatic rings. The summed E-state index contributed by atoms with van der Waals surface area (Å²) in [5.41, 5.74) is 0.788. The van der Waals surface area contributed by atoms with Crippen molar-refractivity contribution in [3.05, 3.63) is 54.2 Å². The standard InChI is InChI=1S/C22H23F3N4O/c23-22(24,25)13-19(30)29-18-7-4-12-27-20(18)28-14-16-8-10-21(15-26,11-9-16)17-5-2-1-3-6-17/h1-7,12,16H,8-11,13-14H2,(H,27,28)(H,29,30). The zero-order chi connectivity index (χ0) is 21.6. The van der Waals surface area contributed by atoms with Gasteiger partial charge in [0.2, 0.25) is 5.91 Å². The highest BCUT2D eigenvalue weighted by atomic mass is 19.4. The second kappa shape index (κ2) is 9.16. The number of halogens is 3. The van der Waals surface area contributed by atoms with Crippen LogP contribution < -0.4 is 10.6 Å². The average molecular weight is 416 g/mol. The van der Waals surface area contributed by atoms with Crippen LogP contribution >= 0.6 is 0 Å². The molecule has 0 aliphatic heterocycles. The fraction of sp³-hybridized carbons (Fsp3) is 0.409. The summed E-state index contributed by atoms with van der Waals surface area (Å²) < 4.78 is 37.2. The van der Waals surface area contributed by atoms with Gasteiger partial charge in [0.05, 0.1) is 17.2 Å². The number of rotatable bonds is 6. The lowest BCUT2D eigenvalue weighted by Gasteiger charge is -2.35. The number of hydrogen-bond acceptors (Lipinski definition) is 4. The van der Waals surface area contributed by atoms with Crippen LogP contribution in [0.4, 0.5) is 24.7 Å². The Kier molecular flexibility index (Phi) is 6.60. The molecule has 0 unspecified atom stereocenters. The number of aromatic nitrogens is 1. The third-order valence-electron chi connectivity index (χ3n) is 5.50. The number of carbonyl (C=O) groups is 1. The largest absolute Gasteiger partial charge is 0.397 e. The van der Waals surface area contributed by atoms with Crippen molar-refractivity contribution >= 4 is 17.4 Å². The van der Waals surface area contributed by atoms with E-state index in [0.29, 0.717) is 18.3 Å². The summed E-state index contributed by atoms with van der Waals surface area (Å²) in [6, 6.07) is 15.4. The van der Waals surface area contributed by atoms with Crippen LogP contribution in [0.15, 0.2) is 48.7 Å². The molecule has 1 fully saturated rings. The number of pyridine rings is 1. The minimum Gasteiger partial charge on any atom is -0.368 e. The number of amides is 1. The number of nitrogens with one attached hydrogen (secondary N) is 2. The molecule has 1 saturated carbocycles. The normalized spacial score (nSPS) is 21.5. The third kappa shape index (κ3) is 5.50. The second-order valence-electron chi connectivity index (χ2n) is 7.62. The molecule has 5 nitrogen and oxygen atoms in total. The van der Waals surface area contributed by atoms with Crippen molar-refractivity contribution in [2.24, 2.45) is 5.92 Å². The van der Waals surface area contributed by atoms with Gasteiger partial charge in [0.25, 0.3) is 0 Å². The lowest BCUT2D eigenvalue weighted by molar-refractivity contribution is -0.150. The molecule has 2 aromatic rings. The van der Waals surface area contributed by atoms with E-state index in [1.165, 1.54) is 12.3 Å². The number of alkyl halides is 3. The molecular formula is C22H23F3N4O. The van der Waals surface area contributed by atoms with Gasteiger partial charge in [0.1, 0.15) is 12.2 Å². The Morgan fingerprint density at radius 1 is 1.17 bits per heavy atom. The highest BCUT2D eigenvalue weighted by molar-refractivity contribution is 5.93. The van der Waals surface area contributed by atoms with Gasteiger partial charge in [-0.25, -0.2) is 4.98 Å². The zero-order valence-electron chi connectivity index (χ0n) is 16.4. The van der Waals surface area contributed by atoms with Crippen LogP contribution in [0.3, 0.4) is 0 Å². The van der Waals surface area contributed by atoms with E-state index >= 15 is 0 Å². The number of carbonyl (C=O) groups excluding carboxylic acids is 1.